The van der Waals surface area contributed by atoms with Gasteiger partial charge in [-0.05, 0) is 37.3 Å². The van der Waals surface area contributed by atoms with Crippen LogP contribution < -0.4 is 10.1 Å². The van der Waals surface area contributed by atoms with E-state index in [2.05, 4.69) is 10.5 Å². The molecule has 11 nitrogen and oxygen atoms in total. The van der Waals surface area contributed by atoms with Crippen LogP contribution in [0.1, 0.15) is 32.0 Å². The second-order valence-corrected chi connectivity index (χ2v) is 8.70. The molecular weight excluding hydrogens is 450 g/mol. The van der Waals surface area contributed by atoms with Gasteiger partial charge in [-0.1, -0.05) is 17.7 Å². The Balaban J connectivity index is 1.66. The van der Waals surface area contributed by atoms with Crippen molar-refractivity contribution in [2.24, 2.45) is 12.1 Å². The Hall–Kier alpha value is -4.32. The molecule has 0 saturated heterocycles. The molecule has 0 aliphatic heterocycles. The van der Waals surface area contributed by atoms with Crippen molar-refractivity contribution in [3.63, 3.8) is 0 Å². The summed E-state index contributed by atoms with van der Waals surface area (Å²) in [5, 5.41) is 14.5. The summed E-state index contributed by atoms with van der Waals surface area (Å²) in [6, 6.07) is 12.5. The van der Waals surface area contributed by atoms with Crippen LogP contribution in [-0.2, 0) is 17.1 Å². The number of hydrogen-bond donors (Lipinski definition) is 2. The van der Waals surface area contributed by atoms with Crippen LogP contribution in [0.25, 0.3) is 0 Å². The number of nitrogens with one attached hydrogen (secondary N) is 2. The molecular formula is C21H19N5O6S. The van der Waals surface area contributed by atoms with E-state index < -0.39 is 26.8 Å². The first-order chi connectivity index (χ1) is 15.6. The van der Waals surface area contributed by atoms with E-state index in [4.69, 9.17) is 0 Å². The minimum absolute atomic E-state index is 0.0341. The van der Waals surface area contributed by atoms with E-state index >= 15 is 0 Å². The van der Waals surface area contributed by atoms with Gasteiger partial charge in [0.2, 0.25) is 0 Å². The number of hydrogen-bond acceptors (Lipinski definition) is 7. The van der Waals surface area contributed by atoms with Crippen LogP contribution in [0.3, 0.4) is 0 Å². The van der Waals surface area contributed by atoms with Crippen LogP contribution in [-0.4, -0.2) is 35.9 Å². The molecule has 0 spiro atoms. The molecule has 33 heavy (non-hydrogen) atoms. The Morgan fingerprint density at radius 2 is 1.67 bits per heavy atom. The fraction of sp³-hybridized carbons (Fsp3) is 0.0952. The number of carbonyl (C=O) groups is 2. The smallest absolute Gasteiger partial charge is 0.271 e. The molecule has 0 radical (unpaired) electrons. The third kappa shape index (κ3) is 5.68. The molecule has 0 unspecified atom stereocenters. The van der Waals surface area contributed by atoms with Gasteiger partial charge in [-0.25, -0.2) is 18.6 Å². The second-order valence-electron chi connectivity index (χ2n) is 7.02. The first-order valence-corrected chi connectivity index (χ1v) is 10.9. The van der Waals surface area contributed by atoms with Gasteiger partial charge in [0.25, 0.3) is 27.5 Å². The number of aryl methyl sites for hydroxylation is 2. The van der Waals surface area contributed by atoms with E-state index in [1.807, 2.05) is 11.6 Å². The summed E-state index contributed by atoms with van der Waals surface area (Å²) in [4.78, 5) is 34.6. The zero-order chi connectivity index (χ0) is 24.2. The van der Waals surface area contributed by atoms with E-state index in [1.165, 1.54) is 59.4 Å². The molecule has 12 heteroatoms. The van der Waals surface area contributed by atoms with Crippen LogP contribution in [0.4, 0.5) is 5.69 Å². The highest BCUT2D eigenvalue weighted by Crippen LogP contribution is 2.13. The fourth-order valence-electron chi connectivity index (χ4n) is 2.75. The number of non-ortho nitro benzene ring substituents is 1. The molecule has 1 heterocycles. The lowest BCUT2D eigenvalue weighted by Crippen LogP contribution is -2.30. The number of nitrogens with zero attached hydrogens (tertiary/aromatic N) is 3. The number of aromatic nitrogens is 1. The highest BCUT2D eigenvalue weighted by molar-refractivity contribution is 7.90. The molecule has 2 N–H and O–H groups in total. The molecule has 0 saturated carbocycles. The normalized spacial score (nSPS) is 11.3. The van der Waals surface area contributed by atoms with Gasteiger partial charge in [0.05, 0.1) is 27.3 Å². The predicted molar refractivity (Wildman–Crippen MR) is 119 cm³/mol. The second kappa shape index (κ2) is 9.44. The first kappa shape index (κ1) is 23.3. The summed E-state index contributed by atoms with van der Waals surface area (Å²) < 4.78 is 28.4. The van der Waals surface area contributed by atoms with Crippen molar-refractivity contribution < 1.29 is 22.9 Å². The number of carbonyl (C=O) groups excluding carboxylic acids is 2. The molecule has 0 atom stereocenters. The minimum Gasteiger partial charge on any atom is -0.349 e. The lowest BCUT2D eigenvalue weighted by Gasteiger charge is -2.06. The largest absolute Gasteiger partial charge is 0.349 e. The molecule has 170 valence electrons. The number of rotatable bonds is 7. The molecule has 0 fully saturated rings. The molecule has 0 bridgehead atoms. The van der Waals surface area contributed by atoms with Crippen LogP contribution in [0, 0.1) is 17.0 Å². The molecule has 1 aromatic heterocycles. The van der Waals surface area contributed by atoms with E-state index in [0.29, 0.717) is 5.69 Å². The summed E-state index contributed by atoms with van der Waals surface area (Å²) in [7, 11) is -2.42. The van der Waals surface area contributed by atoms with Crippen LogP contribution in [0.5, 0.6) is 0 Å². The van der Waals surface area contributed by atoms with Gasteiger partial charge in [-0.15, -0.1) is 0 Å². The average molecular weight is 469 g/mol. The van der Waals surface area contributed by atoms with Gasteiger partial charge in [0.1, 0.15) is 0 Å². The summed E-state index contributed by atoms with van der Waals surface area (Å²) >= 11 is 0. The van der Waals surface area contributed by atoms with E-state index in [1.54, 1.807) is 19.2 Å². The number of nitro groups is 1. The van der Waals surface area contributed by atoms with Gasteiger partial charge in [0.15, 0.2) is 0 Å². The Labute approximate surface area is 188 Å². The molecule has 0 aliphatic rings. The van der Waals surface area contributed by atoms with E-state index in [0.717, 1.165) is 5.56 Å². The maximum absolute atomic E-state index is 12.4. The first-order valence-electron chi connectivity index (χ1n) is 9.45. The average Bonchev–Trinajstić information content (AvgIpc) is 3.14. The Morgan fingerprint density at radius 3 is 2.27 bits per heavy atom. The van der Waals surface area contributed by atoms with Crippen molar-refractivity contribution in [2.45, 2.75) is 11.8 Å². The van der Waals surface area contributed by atoms with Gasteiger partial charge < -0.3 is 4.57 Å². The zero-order valence-corrected chi connectivity index (χ0v) is 18.4. The zero-order valence-electron chi connectivity index (χ0n) is 17.6. The maximum atomic E-state index is 12.4. The number of benzene rings is 2. The van der Waals surface area contributed by atoms with Gasteiger partial charge in [0, 0.05) is 30.9 Å². The lowest BCUT2D eigenvalue weighted by atomic mass is 10.2. The summed E-state index contributed by atoms with van der Waals surface area (Å²) in [5.41, 5.74) is 3.68. The molecule has 0 aliphatic carbocycles. The van der Waals surface area contributed by atoms with Crippen molar-refractivity contribution in [2.75, 3.05) is 0 Å². The summed E-state index contributed by atoms with van der Waals surface area (Å²) in [6.45, 7) is 1.82. The van der Waals surface area contributed by atoms with Crippen molar-refractivity contribution in [1.29, 1.82) is 0 Å². The highest BCUT2D eigenvalue weighted by atomic mass is 32.2. The number of amides is 2. The Morgan fingerprint density at radius 1 is 1.03 bits per heavy atom. The standard InChI is InChI=1S/C21H19N5O6S/c1-14-3-9-19(10-4-14)33(31,32)24-21(28)16-11-18(25(2)13-16)12-22-23-20(27)15-5-7-17(8-6-15)26(29)30/h3-13H,1-2H3,(H,23,27)(H,24,28)/b22-12+. The van der Waals surface area contributed by atoms with Crippen molar-refractivity contribution in [3.05, 3.63) is 93.3 Å². The summed E-state index contributed by atoms with van der Waals surface area (Å²) in [6.07, 6.45) is 2.69. The van der Waals surface area contributed by atoms with Crippen molar-refractivity contribution in [3.8, 4) is 0 Å². The number of sulfonamides is 1. The van der Waals surface area contributed by atoms with Crippen LogP contribution >= 0.6 is 0 Å². The number of nitro benzene ring substituents is 1. The lowest BCUT2D eigenvalue weighted by molar-refractivity contribution is -0.384. The summed E-state index contributed by atoms with van der Waals surface area (Å²) in [5.74, 6) is -1.40. The van der Waals surface area contributed by atoms with Gasteiger partial charge in [-0.3, -0.25) is 19.7 Å². The molecule has 3 rings (SSSR count). The van der Waals surface area contributed by atoms with Crippen LogP contribution in [0.15, 0.2) is 70.8 Å². The third-order valence-corrected chi connectivity index (χ3v) is 5.91. The topological polar surface area (TPSA) is 153 Å². The third-order valence-electron chi connectivity index (χ3n) is 4.57. The molecule has 3 aromatic rings. The van der Waals surface area contributed by atoms with Gasteiger partial charge >= 0.3 is 0 Å². The monoisotopic (exact) mass is 469 g/mol. The fourth-order valence-corrected chi connectivity index (χ4v) is 3.72. The quantitative estimate of drug-likeness (QED) is 0.307. The molecule has 2 amide bonds. The van der Waals surface area contributed by atoms with Crippen molar-refractivity contribution in [1.82, 2.24) is 14.7 Å². The maximum Gasteiger partial charge on any atom is 0.271 e. The highest BCUT2D eigenvalue weighted by Gasteiger charge is 2.20. The molecule has 2 aromatic carbocycles. The van der Waals surface area contributed by atoms with Gasteiger partial charge in [-0.2, -0.15) is 5.10 Å². The van der Waals surface area contributed by atoms with E-state index in [-0.39, 0.29) is 21.7 Å². The van der Waals surface area contributed by atoms with Crippen LogP contribution in [0.2, 0.25) is 0 Å². The minimum atomic E-state index is -4.04. The Kier molecular flexibility index (Phi) is 6.68. The van der Waals surface area contributed by atoms with E-state index in [9.17, 15) is 28.1 Å². The van der Waals surface area contributed by atoms with Crippen molar-refractivity contribution >= 4 is 33.7 Å². The number of hydrazone groups is 1. The SMILES string of the molecule is Cc1ccc(S(=O)(=O)NC(=O)c2cc(/C=N/NC(=O)c3ccc([N+](=O)[O-])cc3)n(C)c2)cc1. The Bertz CT molecular complexity index is 1340. The predicted octanol–water partition coefficient (Wildman–Crippen LogP) is 2.12.